The number of Topliss-reactive ketones (excluding diaryl/α,β-unsaturated/α-hetero) is 2. The molecule has 2 heteroatoms. The standard InChI is InChI=1S/C30H33O2/c1-4-9-28(30(32)29-20-18-27(19-21-29)26-16-17-26)11-7-5-6-10-22(2)24-12-8-13-25(15-14-24)23(3)31/h12-21,28H,2,4-7,9-11H2,1,3H3. The van der Waals surface area contributed by atoms with Gasteiger partial charge in [-0.3, -0.25) is 9.59 Å². The second kappa shape index (κ2) is 11.6. The number of unbranched alkanes of at least 4 members (excludes halogenated alkanes) is 2. The van der Waals surface area contributed by atoms with Crippen LogP contribution in [0.15, 0.2) is 83.7 Å². The van der Waals surface area contributed by atoms with Crippen LogP contribution in [0.5, 0.6) is 0 Å². The highest BCUT2D eigenvalue weighted by molar-refractivity contribution is 5.98. The zero-order chi connectivity index (χ0) is 22.9. The number of ketones is 2. The van der Waals surface area contributed by atoms with Gasteiger partial charge in [0.25, 0.3) is 0 Å². The van der Waals surface area contributed by atoms with E-state index >= 15 is 0 Å². The van der Waals surface area contributed by atoms with Crippen LogP contribution in [0, 0.1) is 12.3 Å². The Morgan fingerprint density at radius 3 is 2.28 bits per heavy atom. The Kier molecular flexibility index (Phi) is 8.59. The maximum atomic E-state index is 13.0. The fourth-order valence-electron chi connectivity index (χ4n) is 4.04. The first-order chi connectivity index (χ1) is 15.5. The van der Waals surface area contributed by atoms with E-state index in [0.717, 1.165) is 61.7 Å². The molecule has 2 nitrogen and oxygen atoms in total. The summed E-state index contributed by atoms with van der Waals surface area (Å²) in [5, 5.41) is 0. The summed E-state index contributed by atoms with van der Waals surface area (Å²) in [4.78, 5) is 24.6. The molecule has 32 heavy (non-hydrogen) atoms. The predicted octanol–water partition coefficient (Wildman–Crippen LogP) is 7.56. The fourth-order valence-corrected chi connectivity index (χ4v) is 4.04. The SMILES string of the molecule is C=C(CCCCCC(CCC)C(=O)c1ccc(C2=C[CH]2)cc1)C1=CC=C(C(C)=O)C=C=C1. The summed E-state index contributed by atoms with van der Waals surface area (Å²) in [6.45, 7) is 7.93. The number of rotatable bonds is 13. The van der Waals surface area contributed by atoms with Crippen LogP contribution in [0.2, 0.25) is 0 Å². The molecule has 0 spiro atoms. The van der Waals surface area contributed by atoms with Gasteiger partial charge in [0, 0.05) is 23.5 Å². The number of carbonyl (C=O) groups excluding carboxylic acids is 2. The molecule has 0 saturated carbocycles. The van der Waals surface area contributed by atoms with Crippen molar-refractivity contribution in [3.05, 3.63) is 101 Å². The third-order valence-corrected chi connectivity index (χ3v) is 6.11. The van der Waals surface area contributed by atoms with Gasteiger partial charge in [-0.2, -0.15) is 0 Å². The molecule has 2 aliphatic rings. The summed E-state index contributed by atoms with van der Waals surface area (Å²) < 4.78 is 0. The van der Waals surface area contributed by atoms with Gasteiger partial charge in [0.05, 0.1) is 0 Å². The highest BCUT2D eigenvalue weighted by atomic mass is 16.1. The van der Waals surface area contributed by atoms with Crippen LogP contribution in [0.4, 0.5) is 0 Å². The molecule has 1 aromatic carbocycles. The van der Waals surface area contributed by atoms with E-state index in [4.69, 9.17) is 0 Å². The van der Waals surface area contributed by atoms with Crippen LogP contribution in [-0.4, -0.2) is 11.6 Å². The topological polar surface area (TPSA) is 34.1 Å². The predicted molar refractivity (Wildman–Crippen MR) is 133 cm³/mol. The summed E-state index contributed by atoms with van der Waals surface area (Å²) in [6.07, 6.45) is 18.6. The number of allylic oxidation sites excluding steroid dienone is 8. The van der Waals surface area contributed by atoms with E-state index < -0.39 is 0 Å². The van der Waals surface area contributed by atoms with Crippen LogP contribution in [0.1, 0.15) is 74.7 Å². The number of hydrogen-bond acceptors (Lipinski definition) is 2. The molecule has 1 unspecified atom stereocenters. The average Bonchev–Trinajstić information content (AvgIpc) is 3.64. The largest absolute Gasteiger partial charge is 0.294 e. The lowest BCUT2D eigenvalue weighted by Gasteiger charge is -2.15. The van der Waals surface area contributed by atoms with Crippen molar-refractivity contribution < 1.29 is 9.59 Å². The van der Waals surface area contributed by atoms with E-state index in [1.54, 1.807) is 13.0 Å². The molecular formula is C30H33O2. The minimum absolute atomic E-state index is 0.0416. The van der Waals surface area contributed by atoms with Crippen LogP contribution in [0.3, 0.4) is 0 Å². The normalized spacial score (nSPS) is 15.4. The summed E-state index contributed by atoms with van der Waals surface area (Å²) in [6, 6.07) is 8.06. The number of hydrogen-bond donors (Lipinski definition) is 0. The highest BCUT2D eigenvalue weighted by Crippen LogP contribution is 2.30. The van der Waals surface area contributed by atoms with Crippen LogP contribution < -0.4 is 0 Å². The maximum Gasteiger partial charge on any atom is 0.165 e. The molecule has 0 fully saturated rings. The minimum atomic E-state index is 0.0416. The second-order valence-electron chi connectivity index (χ2n) is 8.67. The molecule has 0 heterocycles. The molecule has 1 atom stereocenters. The van der Waals surface area contributed by atoms with Crippen LogP contribution in [0.25, 0.3) is 5.57 Å². The Morgan fingerprint density at radius 1 is 0.938 bits per heavy atom. The van der Waals surface area contributed by atoms with Crippen molar-refractivity contribution >= 4 is 17.1 Å². The molecule has 0 aromatic heterocycles. The zero-order valence-electron chi connectivity index (χ0n) is 19.3. The van der Waals surface area contributed by atoms with Crippen LogP contribution in [-0.2, 0) is 4.79 Å². The lowest BCUT2D eigenvalue weighted by atomic mass is 9.88. The van der Waals surface area contributed by atoms with E-state index in [2.05, 4.69) is 43.9 Å². The zero-order valence-corrected chi connectivity index (χ0v) is 19.3. The molecule has 165 valence electrons. The summed E-state index contributed by atoms with van der Waals surface area (Å²) in [5.74, 6) is 0.429. The molecule has 1 aromatic rings. The average molecular weight is 426 g/mol. The Bertz CT molecular complexity index is 1020. The Labute approximate surface area is 192 Å². The van der Waals surface area contributed by atoms with E-state index in [-0.39, 0.29) is 17.5 Å². The first kappa shape index (κ1) is 23.7. The first-order valence-electron chi connectivity index (χ1n) is 11.7. The van der Waals surface area contributed by atoms with Gasteiger partial charge in [-0.05, 0) is 67.0 Å². The first-order valence-corrected chi connectivity index (χ1v) is 11.7. The summed E-state index contributed by atoms with van der Waals surface area (Å²) >= 11 is 0. The molecule has 3 rings (SSSR count). The van der Waals surface area contributed by atoms with Crippen molar-refractivity contribution in [1.29, 1.82) is 0 Å². The van der Waals surface area contributed by atoms with Gasteiger partial charge in [0.2, 0.25) is 0 Å². The quantitative estimate of drug-likeness (QED) is 0.186. The van der Waals surface area contributed by atoms with E-state index in [1.165, 1.54) is 11.1 Å². The highest BCUT2D eigenvalue weighted by Gasteiger charge is 2.19. The third kappa shape index (κ3) is 6.77. The van der Waals surface area contributed by atoms with Crippen molar-refractivity contribution in [2.24, 2.45) is 5.92 Å². The van der Waals surface area contributed by atoms with E-state index in [0.29, 0.717) is 5.57 Å². The van der Waals surface area contributed by atoms with Gasteiger partial charge in [-0.1, -0.05) is 75.3 Å². The fraction of sp³-hybridized carbons (Fsp3) is 0.333. The number of carbonyl (C=O) groups is 2. The molecule has 2 aliphatic carbocycles. The Hall–Kier alpha value is -2.96. The summed E-state index contributed by atoms with van der Waals surface area (Å²) in [7, 11) is 0. The lowest BCUT2D eigenvalue weighted by Crippen LogP contribution is -2.15. The van der Waals surface area contributed by atoms with Gasteiger partial charge in [0.15, 0.2) is 11.6 Å². The monoisotopic (exact) mass is 425 g/mol. The van der Waals surface area contributed by atoms with Gasteiger partial charge in [-0.15, -0.1) is 5.73 Å². The Morgan fingerprint density at radius 2 is 1.62 bits per heavy atom. The van der Waals surface area contributed by atoms with Crippen molar-refractivity contribution in [2.75, 3.05) is 0 Å². The molecular weight excluding hydrogens is 392 g/mol. The second-order valence-corrected chi connectivity index (χ2v) is 8.67. The molecule has 0 saturated heterocycles. The van der Waals surface area contributed by atoms with Crippen molar-refractivity contribution in [2.45, 2.75) is 58.8 Å². The van der Waals surface area contributed by atoms with E-state index in [1.807, 2.05) is 30.4 Å². The van der Waals surface area contributed by atoms with Gasteiger partial charge in [0.1, 0.15) is 0 Å². The minimum Gasteiger partial charge on any atom is -0.294 e. The lowest BCUT2D eigenvalue weighted by molar-refractivity contribution is -0.113. The van der Waals surface area contributed by atoms with Crippen molar-refractivity contribution in [3.8, 4) is 0 Å². The third-order valence-electron chi connectivity index (χ3n) is 6.11. The van der Waals surface area contributed by atoms with Crippen LogP contribution >= 0.6 is 0 Å². The molecule has 0 aliphatic heterocycles. The molecule has 0 bridgehead atoms. The van der Waals surface area contributed by atoms with Gasteiger partial charge < -0.3 is 0 Å². The maximum absolute atomic E-state index is 13.0. The van der Waals surface area contributed by atoms with Crippen molar-refractivity contribution in [1.82, 2.24) is 0 Å². The molecule has 1 radical (unpaired) electrons. The smallest absolute Gasteiger partial charge is 0.165 e. The molecule has 0 amide bonds. The van der Waals surface area contributed by atoms with Gasteiger partial charge in [-0.25, -0.2) is 0 Å². The molecule has 0 N–H and O–H groups in total. The summed E-state index contributed by atoms with van der Waals surface area (Å²) in [5.41, 5.74) is 9.11. The van der Waals surface area contributed by atoms with Crippen molar-refractivity contribution in [3.63, 3.8) is 0 Å². The number of benzene rings is 1. The van der Waals surface area contributed by atoms with Gasteiger partial charge >= 0.3 is 0 Å². The van der Waals surface area contributed by atoms with E-state index in [9.17, 15) is 9.59 Å². The Balaban J connectivity index is 1.45.